The van der Waals surface area contributed by atoms with Crippen LogP contribution < -0.4 is 0 Å². The summed E-state index contributed by atoms with van der Waals surface area (Å²) in [5.74, 6) is -2.02. The van der Waals surface area contributed by atoms with Gasteiger partial charge in [0.2, 0.25) is 0 Å². The Kier molecular flexibility index (Phi) is 43.4. The van der Waals surface area contributed by atoms with E-state index in [9.17, 15) is 37.9 Å². The van der Waals surface area contributed by atoms with Crippen molar-refractivity contribution in [1.82, 2.24) is 0 Å². The number of carbonyl (C=O) groups excluding carboxylic acids is 2. The third kappa shape index (κ3) is 40.3. The lowest BCUT2D eigenvalue weighted by Gasteiger charge is -2.40. The van der Waals surface area contributed by atoms with Gasteiger partial charge in [0.25, 0.3) is 10.1 Å². The maximum atomic E-state index is 12.9. The normalized spacial score (nSPS) is 19.2. The molecule has 0 aromatic rings. The Morgan fingerprint density at radius 3 is 1.29 bits per heavy atom. The van der Waals surface area contributed by atoms with E-state index in [0.29, 0.717) is 19.3 Å². The maximum absolute atomic E-state index is 12.9. The van der Waals surface area contributed by atoms with Crippen LogP contribution in [0.3, 0.4) is 0 Å². The van der Waals surface area contributed by atoms with Crippen molar-refractivity contribution in [2.45, 2.75) is 301 Å². The van der Waals surface area contributed by atoms with Crippen LogP contribution in [-0.2, 0) is 38.7 Å². The van der Waals surface area contributed by atoms with Crippen LogP contribution in [0.2, 0.25) is 0 Å². The molecule has 1 saturated heterocycles. The SMILES string of the molecule is CCCCCCCCCCCCCCCC/C=C/CC/C=C/CCCC(=O)OC[C@H](CO[C@H]1O[C@H](CS(=O)(=O)O)[C@@H](O)C(O)C1O)OC(=O)CCCCCCCCCCCCCCCCCCCC. The quantitative estimate of drug-likeness (QED) is 0.0196. The summed E-state index contributed by atoms with van der Waals surface area (Å²) in [4.78, 5) is 25.6. The molecule has 1 heterocycles. The second kappa shape index (κ2) is 46.0. The van der Waals surface area contributed by atoms with E-state index in [1.165, 1.54) is 180 Å². The highest BCUT2D eigenvalue weighted by Crippen LogP contribution is 2.24. The molecule has 2 unspecified atom stereocenters. The number of allylic oxidation sites excluding steroid dienone is 4. The van der Waals surface area contributed by atoms with Crippen molar-refractivity contribution in [3.63, 3.8) is 0 Å². The van der Waals surface area contributed by atoms with Gasteiger partial charge in [0.1, 0.15) is 36.8 Å². The molecule has 0 amide bonds. The van der Waals surface area contributed by atoms with Gasteiger partial charge in [-0.05, 0) is 44.9 Å². The molecule has 0 bridgehead atoms. The molecule has 1 aliphatic heterocycles. The van der Waals surface area contributed by atoms with Crippen LogP contribution in [0.4, 0.5) is 0 Å². The van der Waals surface area contributed by atoms with Crippen LogP contribution in [0.1, 0.15) is 264 Å². The van der Waals surface area contributed by atoms with Crippen LogP contribution in [0.5, 0.6) is 0 Å². The van der Waals surface area contributed by atoms with Gasteiger partial charge in [-0.25, -0.2) is 0 Å². The molecule has 1 rings (SSSR count). The predicted molar refractivity (Wildman–Crippen MR) is 280 cm³/mol. The van der Waals surface area contributed by atoms with E-state index in [1.807, 2.05) is 0 Å². The Balaban J connectivity index is 2.33. The number of hydrogen-bond acceptors (Lipinski definition) is 11. The summed E-state index contributed by atoms with van der Waals surface area (Å²) >= 11 is 0. The van der Waals surface area contributed by atoms with Crippen molar-refractivity contribution < 1.29 is 56.8 Å². The van der Waals surface area contributed by atoms with E-state index in [0.717, 1.165) is 38.5 Å². The van der Waals surface area contributed by atoms with Crippen LogP contribution in [-0.4, -0.2) is 96.0 Å². The molecule has 69 heavy (non-hydrogen) atoms. The standard InChI is InChI=1S/C56H104O12S/c1-3-5-7-9-11-13-15-17-19-21-23-24-25-26-27-29-30-32-34-36-38-40-42-44-51(57)65-46-49(47-66-56-55(61)54(60)53(59)50(68-56)48-69(62,63)64)67-52(58)45-43-41-39-37-35-33-31-28-22-20-18-16-14-12-10-8-6-4-2/h29-30,36,38,49-50,53-56,59-61H,3-28,31-35,37,39-48H2,1-2H3,(H,62,63,64)/b30-29+,38-36+/t49-,50-,53-,54?,55?,56+/m1/s1. The first kappa shape index (κ1) is 65.1. The maximum Gasteiger partial charge on any atom is 0.306 e. The first-order valence-electron chi connectivity index (χ1n) is 28.4. The number of carbonyl (C=O) groups is 2. The van der Waals surface area contributed by atoms with Gasteiger partial charge in [-0.2, -0.15) is 8.42 Å². The fourth-order valence-corrected chi connectivity index (χ4v) is 9.57. The molecule has 12 nitrogen and oxygen atoms in total. The molecule has 406 valence electrons. The molecule has 0 aliphatic carbocycles. The first-order chi connectivity index (χ1) is 33.5. The van der Waals surface area contributed by atoms with Gasteiger partial charge in [0, 0.05) is 12.8 Å². The molecule has 0 aromatic heterocycles. The Labute approximate surface area is 421 Å². The second-order valence-electron chi connectivity index (χ2n) is 19.9. The van der Waals surface area contributed by atoms with E-state index in [-0.39, 0.29) is 19.4 Å². The third-order valence-electron chi connectivity index (χ3n) is 13.3. The van der Waals surface area contributed by atoms with Gasteiger partial charge < -0.3 is 34.3 Å². The molecule has 0 aromatic carbocycles. The van der Waals surface area contributed by atoms with Crippen molar-refractivity contribution in [3.8, 4) is 0 Å². The summed E-state index contributed by atoms with van der Waals surface area (Å²) in [5.41, 5.74) is 0. The molecular weight excluding hydrogens is 897 g/mol. The zero-order valence-electron chi connectivity index (χ0n) is 43.9. The minimum absolute atomic E-state index is 0.161. The Morgan fingerprint density at radius 2 is 0.855 bits per heavy atom. The highest BCUT2D eigenvalue weighted by atomic mass is 32.2. The minimum Gasteiger partial charge on any atom is -0.462 e. The predicted octanol–water partition coefficient (Wildman–Crippen LogP) is 13.5. The van der Waals surface area contributed by atoms with E-state index < -0.39 is 71.2 Å². The van der Waals surface area contributed by atoms with E-state index >= 15 is 0 Å². The van der Waals surface area contributed by atoms with E-state index in [1.54, 1.807) is 0 Å². The number of hydrogen-bond donors (Lipinski definition) is 4. The lowest BCUT2D eigenvalue weighted by atomic mass is 10.00. The minimum atomic E-state index is -4.61. The molecule has 13 heteroatoms. The number of esters is 2. The molecule has 0 saturated carbocycles. The smallest absolute Gasteiger partial charge is 0.306 e. The summed E-state index contributed by atoms with van der Waals surface area (Å²) in [7, 11) is -4.61. The van der Waals surface area contributed by atoms with E-state index in [2.05, 4.69) is 38.2 Å². The highest BCUT2D eigenvalue weighted by Gasteiger charge is 2.46. The van der Waals surface area contributed by atoms with Gasteiger partial charge in [0.05, 0.1) is 6.61 Å². The van der Waals surface area contributed by atoms with Gasteiger partial charge in [-0.15, -0.1) is 0 Å². The van der Waals surface area contributed by atoms with Crippen LogP contribution >= 0.6 is 0 Å². The molecule has 1 aliphatic rings. The van der Waals surface area contributed by atoms with Crippen molar-refractivity contribution >= 4 is 22.1 Å². The molecular formula is C56H104O12S. The number of unbranched alkanes of at least 4 members (excludes halogenated alkanes) is 33. The Morgan fingerprint density at radius 1 is 0.478 bits per heavy atom. The topological polar surface area (TPSA) is 186 Å². The van der Waals surface area contributed by atoms with Crippen molar-refractivity contribution in [3.05, 3.63) is 24.3 Å². The van der Waals surface area contributed by atoms with Crippen LogP contribution in [0.25, 0.3) is 0 Å². The number of rotatable bonds is 49. The van der Waals surface area contributed by atoms with Gasteiger partial charge in [-0.3, -0.25) is 14.1 Å². The van der Waals surface area contributed by atoms with Crippen molar-refractivity contribution in [2.75, 3.05) is 19.0 Å². The number of aliphatic hydroxyl groups excluding tert-OH is 3. The Hall–Kier alpha value is -1.87. The summed E-state index contributed by atoms with van der Waals surface area (Å²) in [6.45, 7) is 3.79. The van der Waals surface area contributed by atoms with E-state index in [4.69, 9.17) is 18.9 Å². The third-order valence-corrected chi connectivity index (χ3v) is 14.0. The summed E-state index contributed by atoms with van der Waals surface area (Å²) < 4.78 is 54.3. The van der Waals surface area contributed by atoms with Gasteiger partial charge in [0.15, 0.2) is 12.4 Å². The largest absolute Gasteiger partial charge is 0.462 e. The Bertz CT molecular complexity index is 1360. The molecule has 6 atom stereocenters. The van der Waals surface area contributed by atoms with Gasteiger partial charge >= 0.3 is 11.9 Å². The summed E-state index contributed by atoms with van der Waals surface area (Å²) in [5, 5.41) is 31.0. The zero-order chi connectivity index (χ0) is 50.5. The second-order valence-corrected chi connectivity index (χ2v) is 21.4. The molecule has 4 N–H and O–H groups in total. The van der Waals surface area contributed by atoms with Gasteiger partial charge in [-0.1, -0.05) is 231 Å². The fourth-order valence-electron chi connectivity index (χ4n) is 8.88. The molecule has 0 radical (unpaired) electrons. The molecule has 0 spiro atoms. The van der Waals surface area contributed by atoms with Crippen molar-refractivity contribution in [2.24, 2.45) is 0 Å². The number of aliphatic hydroxyl groups is 3. The summed E-state index contributed by atoms with van der Waals surface area (Å²) in [6, 6.07) is 0. The molecule has 1 fully saturated rings. The monoisotopic (exact) mass is 1000 g/mol. The van der Waals surface area contributed by atoms with Crippen LogP contribution in [0.15, 0.2) is 24.3 Å². The highest BCUT2D eigenvalue weighted by molar-refractivity contribution is 7.85. The van der Waals surface area contributed by atoms with Crippen molar-refractivity contribution in [1.29, 1.82) is 0 Å². The number of ether oxygens (including phenoxy) is 4. The lowest BCUT2D eigenvalue weighted by Crippen LogP contribution is -2.60. The lowest BCUT2D eigenvalue weighted by molar-refractivity contribution is -0.297. The average molecular weight is 1000 g/mol. The van der Waals surface area contributed by atoms with Crippen LogP contribution in [0, 0.1) is 0 Å². The average Bonchev–Trinajstić information content (AvgIpc) is 3.32. The summed E-state index contributed by atoms with van der Waals surface area (Å²) in [6.07, 6.45) is 45.2. The first-order valence-corrected chi connectivity index (χ1v) is 30.0. The zero-order valence-corrected chi connectivity index (χ0v) is 44.8. The fraction of sp³-hybridized carbons (Fsp3) is 0.893.